The van der Waals surface area contributed by atoms with Crippen molar-refractivity contribution in [3.8, 4) is 0 Å². The van der Waals surface area contributed by atoms with E-state index in [9.17, 15) is 4.79 Å². The summed E-state index contributed by atoms with van der Waals surface area (Å²) in [6.45, 7) is 18.2. The van der Waals surface area contributed by atoms with Gasteiger partial charge >= 0.3 is 5.97 Å². The molecule has 2 fully saturated rings. The van der Waals surface area contributed by atoms with Crippen molar-refractivity contribution in [1.82, 2.24) is 0 Å². The van der Waals surface area contributed by atoms with Gasteiger partial charge in [0.15, 0.2) is 0 Å². The minimum Gasteiger partial charge on any atom is -0.492 e. The molecule has 0 amide bonds. The summed E-state index contributed by atoms with van der Waals surface area (Å²) in [6.07, 6.45) is -0.0299. The fraction of sp³-hybridized carbons (Fsp3) is 0.870. The molecule has 0 aromatic rings. The first-order valence-corrected chi connectivity index (χ1v) is 10.8. The summed E-state index contributed by atoms with van der Waals surface area (Å²) >= 11 is 0. The number of ether oxygens (including phenoxy) is 6. The van der Waals surface area contributed by atoms with E-state index in [2.05, 4.69) is 41.2 Å². The molecule has 176 valence electrons. The van der Waals surface area contributed by atoms with E-state index in [1.165, 1.54) is 0 Å². The summed E-state index contributed by atoms with van der Waals surface area (Å²) in [5.74, 6) is 2.91. The zero-order valence-electron chi connectivity index (χ0n) is 20.0. The van der Waals surface area contributed by atoms with Crippen molar-refractivity contribution in [2.45, 2.75) is 53.8 Å². The Hall–Kier alpha value is -1.15. The summed E-state index contributed by atoms with van der Waals surface area (Å²) in [4.78, 5) is 11.5. The minimum absolute atomic E-state index is 0.0151. The zero-order chi connectivity index (χ0) is 22.8. The van der Waals surface area contributed by atoms with Crippen LogP contribution in [0.2, 0.25) is 0 Å². The zero-order valence-corrected chi connectivity index (χ0v) is 20.0. The molecule has 4 unspecified atom stereocenters. The van der Waals surface area contributed by atoms with Crippen LogP contribution in [0.1, 0.15) is 41.5 Å². The molecule has 2 saturated heterocycles. The van der Waals surface area contributed by atoms with Gasteiger partial charge in [0, 0.05) is 20.1 Å². The van der Waals surface area contributed by atoms with E-state index >= 15 is 0 Å². The second-order valence-corrected chi connectivity index (χ2v) is 8.67. The van der Waals surface area contributed by atoms with Crippen molar-refractivity contribution in [3.63, 3.8) is 0 Å². The molecule has 0 aliphatic carbocycles. The highest BCUT2D eigenvalue weighted by molar-refractivity contribution is 5.73. The molecule has 7 nitrogen and oxygen atoms in total. The monoisotopic (exact) mass is 430 g/mol. The Labute approximate surface area is 182 Å². The molecule has 7 heteroatoms. The third-order valence-electron chi connectivity index (χ3n) is 6.83. The molecule has 0 bridgehead atoms. The van der Waals surface area contributed by atoms with Crippen LogP contribution in [0.4, 0.5) is 0 Å². The summed E-state index contributed by atoms with van der Waals surface area (Å²) in [6, 6.07) is 0. The molecule has 0 aromatic carbocycles. The third kappa shape index (κ3) is 7.52. The van der Waals surface area contributed by atoms with E-state index in [0.717, 1.165) is 5.76 Å². The first-order chi connectivity index (χ1) is 14.1. The van der Waals surface area contributed by atoms with Crippen LogP contribution in [0.25, 0.3) is 0 Å². The average Bonchev–Trinajstić information content (AvgIpc) is 2.73. The Morgan fingerprint density at radius 2 is 1.17 bits per heavy atom. The first-order valence-electron chi connectivity index (χ1n) is 10.8. The van der Waals surface area contributed by atoms with E-state index < -0.39 is 0 Å². The minimum atomic E-state index is -0.140. The molecule has 2 heterocycles. The predicted octanol–water partition coefficient (Wildman–Crippen LogP) is 3.87. The van der Waals surface area contributed by atoms with Crippen molar-refractivity contribution < 1.29 is 33.2 Å². The molecule has 2 rings (SSSR count). The summed E-state index contributed by atoms with van der Waals surface area (Å²) in [5.41, 5.74) is 0. The molecule has 30 heavy (non-hydrogen) atoms. The topological polar surface area (TPSA) is 72.5 Å². The van der Waals surface area contributed by atoms with E-state index in [-0.39, 0.29) is 30.9 Å². The van der Waals surface area contributed by atoms with Gasteiger partial charge in [-0.3, -0.25) is 4.79 Å². The molecule has 8 atom stereocenters. The SMILES string of the molecule is C=C1OC(COCOC)[C@@H](C)[C@H](C)C1C.COCOCC1OC(=O)C(C)[C@@H](C)[C@@H]1C. The van der Waals surface area contributed by atoms with Gasteiger partial charge in [-0.2, -0.15) is 0 Å². The normalized spacial score (nSPS) is 36.4. The summed E-state index contributed by atoms with van der Waals surface area (Å²) in [7, 11) is 3.19. The van der Waals surface area contributed by atoms with Gasteiger partial charge in [-0.15, -0.1) is 0 Å². The Balaban J connectivity index is 0.000000300. The van der Waals surface area contributed by atoms with Crippen LogP contribution in [0.5, 0.6) is 0 Å². The predicted molar refractivity (Wildman–Crippen MR) is 115 cm³/mol. The summed E-state index contributed by atoms with van der Waals surface area (Å²) < 4.78 is 31.2. The van der Waals surface area contributed by atoms with Gasteiger partial charge in [0.1, 0.15) is 25.8 Å². The number of carbonyl (C=O) groups excluding carboxylic acids is 1. The Kier molecular flexibility index (Phi) is 11.9. The van der Waals surface area contributed by atoms with E-state index in [1.54, 1.807) is 14.2 Å². The fourth-order valence-electron chi connectivity index (χ4n) is 3.74. The van der Waals surface area contributed by atoms with E-state index in [4.69, 9.17) is 28.4 Å². The maximum atomic E-state index is 11.5. The molecule has 2 aliphatic rings. The molecule has 0 N–H and O–H groups in total. The van der Waals surface area contributed by atoms with Crippen molar-refractivity contribution in [2.24, 2.45) is 35.5 Å². The third-order valence-corrected chi connectivity index (χ3v) is 6.83. The number of hydrogen-bond acceptors (Lipinski definition) is 7. The average molecular weight is 431 g/mol. The number of hydrogen-bond donors (Lipinski definition) is 0. The van der Waals surface area contributed by atoms with Crippen LogP contribution < -0.4 is 0 Å². The number of methoxy groups -OCH3 is 2. The lowest BCUT2D eigenvalue weighted by Gasteiger charge is -2.39. The lowest BCUT2D eigenvalue weighted by molar-refractivity contribution is -0.178. The van der Waals surface area contributed by atoms with Crippen molar-refractivity contribution in [2.75, 3.05) is 41.0 Å². The van der Waals surface area contributed by atoms with Gasteiger partial charge in [-0.05, 0) is 23.7 Å². The van der Waals surface area contributed by atoms with Crippen molar-refractivity contribution >= 4 is 5.97 Å². The molecule has 0 aromatic heterocycles. The molecule has 0 saturated carbocycles. The maximum absolute atomic E-state index is 11.5. The molecule has 2 aliphatic heterocycles. The van der Waals surface area contributed by atoms with E-state index in [1.807, 2.05) is 6.92 Å². The van der Waals surface area contributed by atoms with Gasteiger partial charge in [0.2, 0.25) is 0 Å². The second kappa shape index (κ2) is 13.3. The van der Waals surface area contributed by atoms with Gasteiger partial charge in [0.05, 0.1) is 24.9 Å². The number of esters is 1. The molecule has 0 spiro atoms. The fourth-order valence-corrected chi connectivity index (χ4v) is 3.74. The van der Waals surface area contributed by atoms with Crippen LogP contribution in [-0.4, -0.2) is 59.2 Å². The molecular weight excluding hydrogens is 388 g/mol. The number of allylic oxidation sites excluding steroid dienone is 1. The van der Waals surface area contributed by atoms with Crippen molar-refractivity contribution in [1.29, 1.82) is 0 Å². The highest BCUT2D eigenvalue weighted by Gasteiger charge is 2.38. The standard InChI is InChI=1S/C12H22O3.C11H20O4/c1-8-9(2)11(4)15-12(10(8)3)6-14-7-13-5;1-7-8(2)10(5-14-6-13-4)15-11(12)9(7)3/h8-10,12H,4,6-7H2,1-3,5H3;7-10H,5-6H2,1-4H3/t8-,9?,10+,12?;7-,8-,9?,10?/m10/s1. The molecular formula is C23H42O7. The highest BCUT2D eigenvalue weighted by atomic mass is 16.7. The van der Waals surface area contributed by atoms with Crippen LogP contribution in [0.15, 0.2) is 12.3 Å². The largest absolute Gasteiger partial charge is 0.492 e. The Bertz CT molecular complexity index is 478. The highest BCUT2D eigenvalue weighted by Crippen LogP contribution is 2.36. The Morgan fingerprint density at radius 3 is 1.63 bits per heavy atom. The number of rotatable bonds is 8. The van der Waals surface area contributed by atoms with Crippen LogP contribution in [-0.2, 0) is 33.2 Å². The number of carbonyl (C=O) groups is 1. The lowest BCUT2D eigenvalue weighted by Crippen LogP contribution is -2.44. The smallest absolute Gasteiger partial charge is 0.309 e. The maximum Gasteiger partial charge on any atom is 0.309 e. The molecule has 0 radical (unpaired) electrons. The first kappa shape index (κ1) is 26.9. The van der Waals surface area contributed by atoms with Crippen LogP contribution >= 0.6 is 0 Å². The van der Waals surface area contributed by atoms with Gasteiger partial charge in [-0.1, -0.05) is 48.1 Å². The Morgan fingerprint density at radius 1 is 0.733 bits per heavy atom. The quantitative estimate of drug-likeness (QED) is 0.329. The van der Waals surface area contributed by atoms with Gasteiger partial charge in [-0.25, -0.2) is 0 Å². The van der Waals surface area contributed by atoms with Gasteiger partial charge in [0.25, 0.3) is 0 Å². The number of cyclic esters (lactones) is 1. The van der Waals surface area contributed by atoms with Crippen LogP contribution in [0.3, 0.4) is 0 Å². The van der Waals surface area contributed by atoms with E-state index in [0.29, 0.717) is 49.6 Å². The van der Waals surface area contributed by atoms with Gasteiger partial charge < -0.3 is 28.4 Å². The van der Waals surface area contributed by atoms with Crippen molar-refractivity contribution in [3.05, 3.63) is 12.3 Å². The second-order valence-electron chi connectivity index (χ2n) is 8.67. The lowest BCUT2D eigenvalue weighted by atomic mass is 9.79. The van der Waals surface area contributed by atoms with Crippen LogP contribution in [0, 0.1) is 35.5 Å². The summed E-state index contributed by atoms with van der Waals surface area (Å²) in [5, 5.41) is 0.